The van der Waals surface area contributed by atoms with Crippen LogP contribution in [0.4, 0.5) is 0 Å². The number of benzene rings is 1. The second-order valence-electron chi connectivity index (χ2n) is 7.46. The zero-order valence-electron chi connectivity index (χ0n) is 16.4. The summed E-state index contributed by atoms with van der Waals surface area (Å²) in [6.45, 7) is 9.04. The van der Waals surface area contributed by atoms with Crippen molar-refractivity contribution in [1.82, 2.24) is 15.2 Å². The van der Waals surface area contributed by atoms with E-state index in [0.717, 1.165) is 26.0 Å². The number of hydrogen-bond donors (Lipinski definition) is 1. The van der Waals surface area contributed by atoms with Gasteiger partial charge in [0.25, 0.3) is 5.91 Å². The number of carbonyl (C=O) groups is 1. The topological polar surface area (TPSA) is 67.6 Å². The van der Waals surface area contributed by atoms with E-state index in [0.29, 0.717) is 30.7 Å². The first-order chi connectivity index (χ1) is 13.0. The van der Waals surface area contributed by atoms with Crippen molar-refractivity contribution in [2.24, 2.45) is 0 Å². The zero-order chi connectivity index (χ0) is 19.2. The van der Waals surface area contributed by atoms with Crippen LogP contribution in [-0.2, 0) is 17.8 Å². The monoisotopic (exact) mass is 371 g/mol. The molecular formula is C21H29N3O3. The molecular weight excluding hydrogens is 342 g/mol. The Morgan fingerprint density at radius 2 is 2.07 bits per heavy atom. The van der Waals surface area contributed by atoms with Crippen LogP contribution >= 0.6 is 0 Å². The van der Waals surface area contributed by atoms with Crippen molar-refractivity contribution in [3.05, 3.63) is 53.2 Å². The van der Waals surface area contributed by atoms with Crippen LogP contribution in [0.1, 0.15) is 54.2 Å². The van der Waals surface area contributed by atoms with Crippen LogP contribution in [-0.4, -0.2) is 41.1 Å². The number of nitrogens with zero attached hydrogens (tertiary/aromatic N) is 2. The molecule has 1 aliphatic rings. The highest BCUT2D eigenvalue weighted by atomic mass is 16.5. The number of aryl methyl sites for hydroxylation is 1. The molecule has 1 fully saturated rings. The number of oxazole rings is 1. The second-order valence-corrected chi connectivity index (χ2v) is 7.46. The first kappa shape index (κ1) is 19.6. The maximum atomic E-state index is 12.3. The third kappa shape index (κ3) is 5.65. The Hall–Kier alpha value is -2.18. The van der Waals surface area contributed by atoms with Gasteiger partial charge in [-0.3, -0.25) is 9.69 Å². The number of rotatable bonds is 8. The summed E-state index contributed by atoms with van der Waals surface area (Å²) in [5.74, 6) is 0.341. The van der Waals surface area contributed by atoms with Gasteiger partial charge in [0.15, 0.2) is 5.69 Å². The van der Waals surface area contributed by atoms with Crippen LogP contribution in [0.25, 0.3) is 0 Å². The van der Waals surface area contributed by atoms with Crippen molar-refractivity contribution in [2.45, 2.75) is 58.8 Å². The number of aromatic nitrogens is 1. The standard InChI is InChI=1S/C21H29N3O3/c1-15(2)24(12-17-8-6-16(3)7-9-17)13-20-23-19(14-27-20)21(25)22-11-18-5-4-10-26-18/h6-9,14-15,18H,4-5,10-13H2,1-3H3,(H,22,25). The summed E-state index contributed by atoms with van der Waals surface area (Å²) in [6, 6.07) is 8.86. The number of nitrogens with one attached hydrogen (secondary N) is 1. The molecule has 0 radical (unpaired) electrons. The van der Waals surface area contributed by atoms with Crippen molar-refractivity contribution in [3.63, 3.8) is 0 Å². The van der Waals surface area contributed by atoms with E-state index in [1.165, 1.54) is 17.4 Å². The fraction of sp³-hybridized carbons (Fsp3) is 0.524. The largest absolute Gasteiger partial charge is 0.447 e. The summed E-state index contributed by atoms with van der Waals surface area (Å²) < 4.78 is 11.1. The number of amides is 1. The Morgan fingerprint density at radius 1 is 1.30 bits per heavy atom. The molecule has 2 heterocycles. The molecule has 1 atom stereocenters. The Kier molecular flexibility index (Phi) is 6.63. The van der Waals surface area contributed by atoms with Gasteiger partial charge in [-0.1, -0.05) is 29.8 Å². The third-order valence-corrected chi connectivity index (χ3v) is 4.87. The lowest BCUT2D eigenvalue weighted by atomic mass is 10.1. The molecule has 0 spiro atoms. The van der Waals surface area contributed by atoms with E-state index in [-0.39, 0.29) is 12.0 Å². The molecule has 6 nitrogen and oxygen atoms in total. The number of carbonyl (C=O) groups excluding carboxylic acids is 1. The molecule has 1 amide bonds. The van der Waals surface area contributed by atoms with E-state index in [9.17, 15) is 4.79 Å². The Balaban J connectivity index is 1.56. The van der Waals surface area contributed by atoms with E-state index in [2.05, 4.69) is 60.2 Å². The van der Waals surface area contributed by atoms with Crippen LogP contribution in [0.3, 0.4) is 0 Å². The maximum absolute atomic E-state index is 12.3. The lowest BCUT2D eigenvalue weighted by Gasteiger charge is -2.25. The highest BCUT2D eigenvalue weighted by Crippen LogP contribution is 2.15. The highest BCUT2D eigenvalue weighted by molar-refractivity contribution is 5.91. The quantitative estimate of drug-likeness (QED) is 0.771. The van der Waals surface area contributed by atoms with Crippen molar-refractivity contribution < 1.29 is 13.9 Å². The average molecular weight is 371 g/mol. The van der Waals surface area contributed by atoms with Crippen LogP contribution in [0.15, 0.2) is 34.9 Å². The minimum Gasteiger partial charge on any atom is -0.447 e. The second kappa shape index (κ2) is 9.15. The smallest absolute Gasteiger partial charge is 0.273 e. The molecule has 1 N–H and O–H groups in total. The van der Waals surface area contributed by atoms with E-state index in [1.807, 2.05) is 0 Å². The fourth-order valence-electron chi connectivity index (χ4n) is 3.11. The van der Waals surface area contributed by atoms with Gasteiger partial charge < -0.3 is 14.5 Å². The van der Waals surface area contributed by atoms with Gasteiger partial charge in [0.1, 0.15) is 6.26 Å². The Morgan fingerprint density at radius 3 is 2.74 bits per heavy atom. The van der Waals surface area contributed by atoms with Crippen molar-refractivity contribution in [1.29, 1.82) is 0 Å². The predicted molar refractivity (Wildman–Crippen MR) is 103 cm³/mol. The summed E-state index contributed by atoms with van der Waals surface area (Å²) in [5.41, 5.74) is 2.82. The van der Waals surface area contributed by atoms with Gasteiger partial charge >= 0.3 is 0 Å². The molecule has 3 rings (SSSR count). The van der Waals surface area contributed by atoms with Gasteiger partial charge in [0.05, 0.1) is 12.6 Å². The normalized spacial score (nSPS) is 17.0. The molecule has 1 aliphatic heterocycles. The van der Waals surface area contributed by atoms with Gasteiger partial charge in [-0.25, -0.2) is 4.98 Å². The van der Waals surface area contributed by atoms with Gasteiger partial charge in [-0.2, -0.15) is 0 Å². The van der Waals surface area contributed by atoms with Crippen LogP contribution in [0.5, 0.6) is 0 Å². The molecule has 27 heavy (non-hydrogen) atoms. The molecule has 2 aromatic rings. The van der Waals surface area contributed by atoms with Gasteiger partial charge in [0.2, 0.25) is 5.89 Å². The van der Waals surface area contributed by atoms with Crippen molar-refractivity contribution in [2.75, 3.05) is 13.2 Å². The number of ether oxygens (including phenoxy) is 1. The van der Waals surface area contributed by atoms with Gasteiger partial charge in [-0.15, -0.1) is 0 Å². The van der Waals surface area contributed by atoms with E-state index in [4.69, 9.17) is 9.15 Å². The van der Waals surface area contributed by atoms with Gasteiger partial charge in [0, 0.05) is 25.7 Å². The summed E-state index contributed by atoms with van der Waals surface area (Å²) >= 11 is 0. The summed E-state index contributed by atoms with van der Waals surface area (Å²) in [4.78, 5) is 18.9. The first-order valence-corrected chi connectivity index (χ1v) is 9.65. The number of hydrogen-bond acceptors (Lipinski definition) is 5. The van der Waals surface area contributed by atoms with Crippen molar-refractivity contribution >= 4 is 5.91 Å². The minimum absolute atomic E-state index is 0.117. The van der Waals surface area contributed by atoms with Crippen LogP contribution in [0, 0.1) is 6.92 Å². The lowest BCUT2D eigenvalue weighted by Crippen LogP contribution is -2.32. The molecule has 1 aromatic heterocycles. The van der Waals surface area contributed by atoms with Crippen LogP contribution < -0.4 is 5.32 Å². The van der Waals surface area contributed by atoms with Crippen LogP contribution in [0.2, 0.25) is 0 Å². The molecule has 6 heteroatoms. The van der Waals surface area contributed by atoms with E-state index in [1.54, 1.807) is 0 Å². The van der Waals surface area contributed by atoms with E-state index >= 15 is 0 Å². The molecule has 146 valence electrons. The molecule has 0 aliphatic carbocycles. The minimum atomic E-state index is -0.213. The Bertz CT molecular complexity index is 733. The third-order valence-electron chi connectivity index (χ3n) is 4.87. The zero-order valence-corrected chi connectivity index (χ0v) is 16.4. The first-order valence-electron chi connectivity index (χ1n) is 9.65. The maximum Gasteiger partial charge on any atom is 0.273 e. The van der Waals surface area contributed by atoms with Gasteiger partial charge in [-0.05, 0) is 39.2 Å². The molecule has 1 aromatic carbocycles. The molecule has 0 bridgehead atoms. The van der Waals surface area contributed by atoms with E-state index < -0.39 is 0 Å². The molecule has 1 saturated heterocycles. The fourth-order valence-corrected chi connectivity index (χ4v) is 3.11. The highest BCUT2D eigenvalue weighted by Gasteiger charge is 2.19. The summed E-state index contributed by atoms with van der Waals surface area (Å²) in [5, 5.41) is 2.88. The lowest BCUT2D eigenvalue weighted by molar-refractivity contribution is 0.0853. The SMILES string of the molecule is Cc1ccc(CN(Cc2nc(C(=O)NCC3CCCO3)co2)C(C)C)cc1. The Labute approximate surface area is 160 Å². The molecule has 0 saturated carbocycles. The summed E-state index contributed by atoms with van der Waals surface area (Å²) in [7, 11) is 0. The average Bonchev–Trinajstić information content (AvgIpc) is 3.32. The summed E-state index contributed by atoms with van der Waals surface area (Å²) in [6.07, 6.45) is 3.60. The predicted octanol–water partition coefficient (Wildman–Crippen LogP) is 3.30. The van der Waals surface area contributed by atoms with Crippen molar-refractivity contribution in [3.8, 4) is 0 Å². The molecule has 1 unspecified atom stereocenters.